The first kappa shape index (κ1) is 15.4. The van der Waals surface area contributed by atoms with Crippen LogP contribution in [0.5, 0.6) is 0 Å². The van der Waals surface area contributed by atoms with Crippen molar-refractivity contribution >= 4 is 23.3 Å². The number of aliphatic hydroxyl groups excluding tert-OH is 1. The molecule has 0 spiro atoms. The smallest absolute Gasteiger partial charge is 0.319 e. The van der Waals surface area contributed by atoms with Crippen molar-refractivity contribution in [3.05, 3.63) is 64.7 Å². The third-order valence-electron chi connectivity index (χ3n) is 3.21. The van der Waals surface area contributed by atoms with E-state index in [1.807, 2.05) is 37.3 Å². The van der Waals surface area contributed by atoms with Gasteiger partial charge in [-0.3, -0.25) is 0 Å². The fourth-order valence-corrected chi connectivity index (χ4v) is 2.15. The van der Waals surface area contributed by atoms with E-state index in [1.165, 1.54) is 0 Å². The Morgan fingerprint density at radius 1 is 1.19 bits per heavy atom. The number of amides is 2. The van der Waals surface area contributed by atoms with Gasteiger partial charge in [0.2, 0.25) is 0 Å². The Morgan fingerprint density at radius 2 is 1.90 bits per heavy atom. The zero-order chi connectivity index (χ0) is 15.2. The SMILES string of the molecule is Cc1c(Cl)cccc1NC(=O)NC(CO)c1ccccc1. The quantitative estimate of drug-likeness (QED) is 0.809. The number of carbonyl (C=O) groups excluding carboxylic acids is 1. The van der Waals surface area contributed by atoms with E-state index in [1.54, 1.807) is 18.2 Å². The van der Waals surface area contributed by atoms with E-state index in [9.17, 15) is 9.90 Å². The summed E-state index contributed by atoms with van der Waals surface area (Å²) in [4.78, 5) is 12.0. The van der Waals surface area contributed by atoms with Crippen LogP contribution < -0.4 is 10.6 Å². The fourth-order valence-electron chi connectivity index (χ4n) is 1.98. The van der Waals surface area contributed by atoms with E-state index in [-0.39, 0.29) is 12.6 Å². The molecule has 0 fully saturated rings. The van der Waals surface area contributed by atoms with Crippen molar-refractivity contribution in [3.63, 3.8) is 0 Å². The maximum absolute atomic E-state index is 12.0. The summed E-state index contributed by atoms with van der Waals surface area (Å²) in [6.45, 7) is 1.66. The van der Waals surface area contributed by atoms with Gasteiger partial charge in [-0.25, -0.2) is 4.79 Å². The van der Waals surface area contributed by atoms with Gasteiger partial charge in [0.25, 0.3) is 0 Å². The zero-order valence-corrected chi connectivity index (χ0v) is 12.4. The molecule has 2 rings (SSSR count). The summed E-state index contributed by atoms with van der Waals surface area (Å²) in [5, 5.41) is 15.5. The monoisotopic (exact) mass is 304 g/mol. The molecule has 0 heterocycles. The highest BCUT2D eigenvalue weighted by molar-refractivity contribution is 6.31. The van der Waals surface area contributed by atoms with Crippen LogP contribution in [0, 0.1) is 6.92 Å². The zero-order valence-electron chi connectivity index (χ0n) is 11.6. The number of anilines is 1. The molecule has 0 radical (unpaired) electrons. The number of nitrogens with one attached hydrogen (secondary N) is 2. The number of halogens is 1. The van der Waals surface area contributed by atoms with Crippen molar-refractivity contribution in [1.82, 2.24) is 5.32 Å². The number of rotatable bonds is 4. The molecular formula is C16H17ClN2O2. The summed E-state index contributed by atoms with van der Waals surface area (Å²) in [5.74, 6) is 0. The molecule has 0 saturated carbocycles. The van der Waals surface area contributed by atoms with Crippen LogP contribution in [-0.4, -0.2) is 17.7 Å². The lowest BCUT2D eigenvalue weighted by Crippen LogP contribution is -2.34. The van der Waals surface area contributed by atoms with Crippen molar-refractivity contribution in [2.45, 2.75) is 13.0 Å². The molecule has 5 heteroatoms. The molecule has 0 aliphatic carbocycles. The van der Waals surface area contributed by atoms with E-state index in [2.05, 4.69) is 10.6 Å². The van der Waals surface area contributed by atoms with Gasteiger partial charge < -0.3 is 15.7 Å². The molecule has 110 valence electrons. The summed E-state index contributed by atoms with van der Waals surface area (Å²) in [7, 11) is 0. The molecule has 1 atom stereocenters. The lowest BCUT2D eigenvalue weighted by atomic mass is 10.1. The molecule has 0 aliphatic rings. The highest BCUT2D eigenvalue weighted by Crippen LogP contribution is 2.23. The molecule has 3 N–H and O–H groups in total. The van der Waals surface area contributed by atoms with Gasteiger partial charge in [0.15, 0.2) is 0 Å². The minimum absolute atomic E-state index is 0.175. The Bertz CT molecular complexity index is 617. The Morgan fingerprint density at radius 3 is 2.57 bits per heavy atom. The minimum Gasteiger partial charge on any atom is -0.394 e. The summed E-state index contributed by atoms with van der Waals surface area (Å²) in [6, 6.07) is 13.8. The molecule has 4 nitrogen and oxygen atoms in total. The molecule has 21 heavy (non-hydrogen) atoms. The number of carbonyl (C=O) groups is 1. The second-order valence-electron chi connectivity index (χ2n) is 4.66. The lowest BCUT2D eigenvalue weighted by Gasteiger charge is -2.18. The van der Waals surface area contributed by atoms with Crippen molar-refractivity contribution in [3.8, 4) is 0 Å². The van der Waals surface area contributed by atoms with Gasteiger partial charge in [-0.2, -0.15) is 0 Å². The second kappa shape index (κ2) is 7.11. The average Bonchev–Trinajstić information content (AvgIpc) is 2.50. The standard InChI is InChI=1S/C16H17ClN2O2/c1-11-13(17)8-5-9-14(11)18-16(21)19-15(10-20)12-6-3-2-4-7-12/h2-9,15,20H,10H2,1H3,(H2,18,19,21). The lowest BCUT2D eigenvalue weighted by molar-refractivity contribution is 0.225. The van der Waals surface area contributed by atoms with E-state index in [0.717, 1.165) is 11.1 Å². The molecule has 2 aromatic rings. The van der Waals surface area contributed by atoms with Crippen LogP contribution in [-0.2, 0) is 0 Å². The third-order valence-corrected chi connectivity index (χ3v) is 3.62. The van der Waals surface area contributed by atoms with Crippen LogP contribution in [0.4, 0.5) is 10.5 Å². The van der Waals surface area contributed by atoms with Crippen LogP contribution in [0.1, 0.15) is 17.2 Å². The van der Waals surface area contributed by atoms with Gasteiger partial charge in [-0.05, 0) is 30.2 Å². The van der Waals surface area contributed by atoms with Gasteiger partial charge >= 0.3 is 6.03 Å². The highest BCUT2D eigenvalue weighted by Gasteiger charge is 2.14. The van der Waals surface area contributed by atoms with Crippen molar-refractivity contribution in [2.24, 2.45) is 0 Å². The summed E-state index contributed by atoms with van der Waals surface area (Å²) >= 11 is 6.01. The van der Waals surface area contributed by atoms with Crippen LogP contribution in [0.3, 0.4) is 0 Å². The Balaban J connectivity index is 2.05. The van der Waals surface area contributed by atoms with Gasteiger partial charge in [-0.15, -0.1) is 0 Å². The fraction of sp³-hybridized carbons (Fsp3) is 0.188. The van der Waals surface area contributed by atoms with Crippen LogP contribution in [0.15, 0.2) is 48.5 Å². The number of aliphatic hydroxyl groups is 1. The summed E-state index contributed by atoms with van der Waals surface area (Å²) in [6.07, 6.45) is 0. The largest absolute Gasteiger partial charge is 0.394 e. The Kier molecular flexibility index (Phi) is 5.20. The first-order valence-electron chi connectivity index (χ1n) is 6.60. The van der Waals surface area contributed by atoms with Crippen molar-refractivity contribution < 1.29 is 9.90 Å². The number of hydrogen-bond acceptors (Lipinski definition) is 2. The van der Waals surface area contributed by atoms with Gasteiger partial charge in [0.1, 0.15) is 0 Å². The Labute approximate surface area is 128 Å². The Hall–Kier alpha value is -2.04. The van der Waals surface area contributed by atoms with E-state index < -0.39 is 6.04 Å². The number of urea groups is 1. The predicted octanol–water partition coefficient (Wildman–Crippen LogP) is 3.50. The third kappa shape index (κ3) is 3.97. The molecule has 2 aromatic carbocycles. The first-order valence-corrected chi connectivity index (χ1v) is 6.98. The van der Waals surface area contributed by atoms with E-state index in [0.29, 0.717) is 10.7 Å². The number of benzene rings is 2. The van der Waals surface area contributed by atoms with Gasteiger partial charge in [0.05, 0.1) is 12.6 Å². The normalized spacial score (nSPS) is 11.8. The molecule has 0 aliphatic heterocycles. The molecule has 0 aromatic heterocycles. The topological polar surface area (TPSA) is 61.4 Å². The van der Waals surface area contributed by atoms with Gasteiger partial charge in [0, 0.05) is 10.7 Å². The minimum atomic E-state index is -0.453. The molecule has 0 bridgehead atoms. The predicted molar refractivity (Wildman–Crippen MR) is 84.6 cm³/mol. The van der Waals surface area contributed by atoms with Crippen molar-refractivity contribution in [1.29, 1.82) is 0 Å². The maximum atomic E-state index is 12.0. The van der Waals surface area contributed by atoms with E-state index >= 15 is 0 Å². The van der Waals surface area contributed by atoms with Gasteiger partial charge in [-0.1, -0.05) is 48.0 Å². The van der Waals surface area contributed by atoms with Crippen LogP contribution >= 0.6 is 11.6 Å². The first-order chi connectivity index (χ1) is 10.1. The summed E-state index contributed by atoms with van der Waals surface area (Å²) < 4.78 is 0. The second-order valence-corrected chi connectivity index (χ2v) is 5.06. The summed E-state index contributed by atoms with van der Waals surface area (Å²) in [5.41, 5.74) is 2.29. The van der Waals surface area contributed by atoms with Crippen molar-refractivity contribution in [2.75, 3.05) is 11.9 Å². The molecular weight excluding hydrogens is 288 g/mol. The van der Waals surface area contributed by atoms with Crippen LogP contribution in [0.25, 0.3) is 0 Å². The molecule has 1 unspecified atom stereocenters. The molecule has 0 saturated heterocycles. The molecule has 2 amide bonds. The number of hydrogen-bond donors (Lipinski definition) is 3. The average molecular weight is 305 g/mol. The van der Waals surface area contributed by atoms with E-state index in [4.69, 9.17) is 11.6 Å². The van der Waals surface area contributed by atoms with Crippen LogP contribution in [0.2, 0.25) is 5.02 Å². The maximum Gasteiger partial charge on any atom is 0.319 e. The highest BCUT2D eigenvalue weighted by atomic mass is 35.5.